The van der Waals surface area contributed by atoms with E-state index in [4.69, 9.17) is 5.73 Å². The van der Waals surface area contributed by atoms with Crippen LogP contribution in [0.25, 0.3) is 0 Å². The van der Waals surface area contributed by atoms with E-state index < -0.39 is 5.82 Å². The fourth-order valence-electron chi connectivity index (χ4n) is 1.38. The average molecular weight is 299 g/mol. The lowest BCUT2D eigenvalue weighted by molar-refractivity contribution is 0.628. The minimum atomic E-state index is -0.408. The summed E-state index contributed by atoms with van der Waals surface area (Å²) in [7, 11) is 0. The van der Waals surface area contributed by atoms with E-state index in [2.05, 4.69) is 21.2 Å². The molecule has 0 amide bonds. The van der Waals surface area contributed by atoms with Crippen molar-refractivity contribution in [1.29, 1.82) is 0 Å². The van der Waals surface area contributed by atoms with Gasteiger partial charge >= 0.3 is 0 Å². The number of nitrogens with two attached hydrogens (primary N) is 1. The van der Waals surface area contributed by atoms with E-state index in [9.17, 15) is 8.78 Å². The number of hydrogen-bond acceptors (Lipinski definition) is 2. The quantitative estimate of drug-likeness (QED) is 0.821. The summed E-state index contributed by atoms with van der Waals surface area (Å²) in [5.74, 6) is -0.792. The van der Waals surface area contributed by atoms with Crippen molar-refractivity contribution >= 4 is 33.0 Å². The lowest BCUT2D eigenvalue weighted by Gasteiger charge is -2.11. The van der Waals surface area contributed by atoms with Gasteiger partial charge in [0.05, 0.1) is 17.1 Å². The number of hydrogen-bond donors (Lipinski definition) is 2. The molecule has 0 heterocycles. The second kappa shape index (κ2) is 4.71. The zero-order chi connectivity index (χ0) is 12.4. The van der Waals surface area contributed by atoms with Crippen molar-refractivity contribution in [1.82, 2.24) is 0 Å². The lowest BCUT2D eigenvalue weighted by atomic mass is 10.2. The van der Waals surface area contributed by atoms with Crippen LogP contribution in [0.15, 0.2) is 40.9 Å². The smallest absolute Gasteiger partial charge is 0.125 e. The highest BCUT2D eigenvalue weighted by Gasteiger charge is 2.05. The van der Waals surface area contributed by atoms with Crippen LogP contribution in [0.3, 0.4) is 0 Å². The van der Waals surface area contributed by atoms with E-state index in [1.165, 1.54) is 30.3 Å². The van der Waals surface area contributed by atoms with Gasteiger partial charge in [0.15, 0.2) is 0 Å². The topological polar surface area (TPSA) is 38.0 Å². The Balaban J connectivity index is 2.37. The van der Waals surface area contributed by atoms with Crippen molar-refractivity contribution in [3.8, 4) is 0 Å². The van der Waals surface area contributed by atoms with E-state index in [1.54, 1.807) is 6.07 Å². The van der Waals surface area contributed by atoms with Gasteiger partial charge in [-0.1, -0.05) is 0 Å². The fraction of sp³-hybridized carbons (Fsp3) is 0. The van der Waals surface area contributed by atoms with Crippen molar-refractivity contribution in [3.63, 3.8) is 0 Å². The van der Waals surface area contributed by atoms with Crippen molar-refractivity contribution in [3.05, 3.63) is 52.5 Å². The van der Waals surface area contributed by atoms with Crippen molar-refractivity contribution in [2.24, 2.45) is 0 Å². The van der Waals surface area contributed by atoms with Gasteiger partial charge in [-0.15, -0.1) is 0 Å². The molecule has 0 fully saturated rings. The summed E-state index contributed by atoms with van der Waals surface area (Å²) in [6.45, 7) is 0. The molecule has 0 aliphatic carbocycles. The van der Waals surface area contributed by atoms with E-state index in [1.807, 2.05) is 0 Å². The van der Waals surface area contributed by atoms with Crippen LogP contribution in [-0.4, -0.2) is 0 Å². The zero-order valence-corrected chi connectivity index (χ0v) is 10.3. The Hall–Kier alpha value is -1.62. The van der Waals surface area contributed by atoms with Gasteiger partial charge in [-0.25, -0.2) is 8.78 Å². The third-order valence-electron chi connectivity index (χ3n) is 2.21. The van der Waals surface area contributed by atoms with E-state index in [0.29, 0.717) is 21.5 Å². The van der Waals surface area contributed by atoms with Gasteiger partial charge in [0, 0.05) is 4.47 Å². The Morgan fingerprint density at radius 3 is 2.24 bits per heavy atom. The molecule has 0 radical (unpaired) electrons. The maximum absolute atomic E-state index is 13.1. The van der Waals surface area contributed by atoms with Crippen molar-refractivity contribution < 1.29 is 8.78 Å². The zero-order valence-electron chi connectivity index (χ0n) is 8.68. The standard InChI is InChI=1S/C12H9BrF2N2/c13-9-3-1-7(14)5-11(9)17-12-6-8(15)2-4-10(12)16/h1-6,17H,16H2. The van der Waals surface area contributed by atoms with Gasteiger partial charge in [-0.2, -0.15) is 0 Å². The highest BCUT2D eigenvalue weighted by molar-refractivity contribution is 9.10. The number of benzene rings is 2. The second-order valence-electron chi connectivity index (χ2n) is 3.48. The number of nitrogens with one attached hydrogen (secondary N) is 1. The van der Waals surface area contributed by atoms with Gasteiger partial charge in [0.1, 0.15) is 11.6 Å². The second-order valence-corrected chi connectivity index (χ2v) is 4.34. The molecule has 0 saturated carbocycles. The number of anilines is 3. The SMILES string of the molecule is Nc1ccc(F)cc1Nc1cc(F)ccc1Br. The maximum atomic E-state index is 13.1. The van der Waals surface area contributed by atoms with Gasteiger partial charge in [-0.3, -0.25) is 0 Å². The summed E-state index contributed by atoms with van der Waals surface area (Å²) in [6.07, 6.45) is 0. The highest BCUT2D eigenvalue weighted by atomic mass is 79.9. The minimum Gasteiger partial charge on any atom is -0.397 e. The Labute approximate surface area is 106 Å². The molecule has 2 aromatic rings. The monoisotopic (exact) mass is 298 g/mol. The highest BCUT2D eigenvalue weighted by Crippen LogP contribution is 2.29. The predicted molar refractivity (Wildman–Crippen MR) is 68.2 cm³/mol. The predicted octanol–water partition coefficient (Wildman–Crippen LogP) is 4.05. The van der Waals surface area contributed by atoms with Gasteiger partial charge in [0.2, 0.25) is 0 Å². The summed E-state index contributed by atoms with van der Waals surface area (Å²) in [5.41, 5.74) is 6.97. The molecular weight excluding hydrogens is 290 g/mol. The molecular formula is C12H9BrF2N2. The van der Waals surface area contributed by atoms with Crippen LogP contribution in [0.2, 0.25) is 0 Å². The van der Waals surface area contributed by atoms with E-state index in [-0.39, 0.29) is 5.82 Å². The van der Waals surface area contributed by atoms with Crippen LogP contribution in [-0.2, 0) is 0 Å². The summed E-state index contributed by atoms with van der Waals surface area (Å²) in [6, 6.07) is 8.16. The number of nitrogen functional groups attached to an aromatic ring is 1. The van der Waals surface area contributed by atoms with Crippen LogP contribution in [0.5, 0.6) is 0 Å². The Kier molecular flexibility index (Phi) is 3.28. The molecule has 0 spiro atoms. The molecule has 0 aliphatic heterocycles. The first kappa shape index (κ1) is 11.9. The van der Waals surface area contributed by atoms with Gasteiger partial charge in [0.25, 0.3) is 0 Å². The fourth-order valence-corrected chi connectivity index (χ4v) is 1.72. The Morgan fingerprint density at radius 1 is 0.941 bits per heavy atom. The molecule has 5 heteroatoms. The molecule has 2 aromatic carbocycles. The van der Waals surface area contributed by atoms with Crippen molar-refractivity contribution in [2.45, 2.75) is 0 Å². The maximum Gasteiger partial charge on any atom is 0.125 e. The first-order valence-electron chi connectivity index (χ1n) is 4.83. The van der Waals surface area contributed by atoms with Gasteiger partial charge < -0.3 is 11.1 Å². The average Bonchev–Trinajstić information content (AvgIpc) is 2.28. The third kappa shape index (κ3) is 2.74. The molecule has 0 unspecified atom stereocenters. The minimum absolute atomic E-state index is 0.384. The third-order valence-corrected chi connectivity index (χ3v) is 2.90. The lowest BCUT2D eigenvalue weighted by Crippen LogP contribution is -1.98. The van der Waals surface area contributed by atoms with E-state index in [0.717, 1.165) is 0 Å². The van der Waals surface area contributed by atoms with Gasteiger partial charge in [-0.05, 0) is 52.3 Å². The van der Waals surface area contributed by atoms with Crippen LogP contribution >= 0.6 is 15.9 Å². The molecule has 0 atom stereocenters. The van der Waals surface area contributed by atoms with E-state index >= 15 is 0 Å². The molecule has 0 saturated heterocycles. The molecule has 17 heavy (non-hydrogen) atoms. The molecule has 0 aliphatic rings. The number of rotatable bonds is 2. The molecule has 3 N–H and O–H groups in total. The van der Waals surface area contributed by atoms with Crippen LogP contribution in [0, 0.1) is 11.6 Å². The molecule has 0 aromatic heterocycles. The summed E-state index contributed by atoms with van der Waals surface area (Å²) >= 11 is 3.27. The van der Waals surface area contributed by atoms with Crippen LogP contribution < -0.4 is 11.1 Å². The summed E-state index contributed by atoms with van der Waals surface area (Å²) < 4.78 is 26.8. The number of halogens is 3. The Morgan fingerprint density at radius 2 is 1.53 bits per heavy atom. The molecule has 2 rings (SSSR count). The molecule has 2 nitrogen and oxygen atoms in total. The molecule has 88 valence electrons. The first-order chi connectivity index (χ1) is 8.06. The Bertz CT molecular complexity index is 509. The largest absolute Gasteiger partial charge is 0.397 e. The van der Waals surface area contributed by atoms with Crippen LogP contribution in [0.1, 0.15) is 0 Å². The summed E-state index contributed by atoms with van der Waals surface area (Å²) in [5, 5.41) is 2.87. The normalized spacial score (nSPS) is 10.3. The van der Waals surface area contributed by atoms with Crippen LogP contribution in [0.4, 0.5) is 25.8 Å². The first-order valence-corrected chi connectivity index (χ1v) is 5.62. The van der Waals surface area contributed by atoms with Crippen molar-refractivity contribution in [2.75, 3.05) is 11.1 Å². The summed E-state index contributed by atoms with van der Waals surface area (Å²) in [4.78, 5) is 0. The molecule has 0 bridgehead atoms.